The molecule has 0 saturated heterocycles. The van der Waals surface area contributed by atoms with E-state index in [9.17, 15) is 5.11 Å². The SMILES string of the molecule is COc1ccc(C(NCC(O)C(C)C)C(C)C)cc1. The van der Waals surface area contributed by atoms with Crippen LogP contribution in [-0.4, -0.2) is 24.9 Å². The fraction of sp³-hybridized carbons (Fsp3) is 0.625. The number of nitrogens with one attached hydrogen (secondary N) is 1. The first-order valence-corrected chi connectivity index (χ1v) is 7.01. The van der Waals surface area contributed by atoms with Gasteiger partial charge in [-0.05, 0) is 29.5 Å². The summed E-state index contributed by atoms with van der Waals surface area (Å²) in [5, 5.41) is 13.4. The van der Waals surface area contributed by atoms with Gasteiger partial charge < -0.3 is 15.2 Å². The van der Waals surface area contributed by atoms with E-state index < -0.39 is 0 Å². The third-order valence-corrected chi connectivity index (χ3v) is 3.46. The number of aliphatic hydroxyl groups is 1. The summed E-state index contributed by atoms with van der Waals surface area (Å²) in [6.07, 6.45) is -0.306. The molecule has 2 atom stereocenters. The number of methoxy groups -OCH3 is 1. The Bertz CT molecular complexity index is 360. The highest BCUT2D eigenvalue weighted by molar-refractivity contribution is 5.29. The molecule has 0 aliphatic heterocycles. The van der Waals surface area contributed by atoms with Crippen LogP contribution in [0.3, 0.4) is 0 Å². The van der Waals surface area contributed by atoms with Gasteiger partial charge in [0, 0.05) is 12.6 Å². The molecule has 0 aliphatic carbocycles. The summed E-state index contributed by atoms with van der Waals surface area (Å²) in [6.45, 7) is 9.05. The van der Waals surface area contributed by atoms with Gasteiger partial charge in [-0.15, -0.1) is 0 Å². The number of rotatable bonds is 7. The zero-order valence-electron chi connectivity index (χ0n) is 12.7. The van der Waals surface area contributed by atoms with E-state index in [2.05, 4.69) is 31.3 Å². The molecule has 0 aliphatic rings. The smallest absolute Gasteiger partial charge is 0.118 e. The Morgan fingerprint density at radius 3 is 2.05 bits per heavy atom. The first kappa shape index (κ1) is 16.0. The Labute approximate surface area is 117 Å². The summed E-state index contributed by atoms with van der Waals surface area (Å²) in [5.41, 5.74) is 1.23. The van der Waals surface area contributed by atoms with Crippen LogP contribution in [0.15, 0.2) is 24.3 Å². The van der Waals surface area contributed by atoms with Crippen molar-refractivity contribution >= 4 is 0 Å². The monoisotopic (exact) mass is 265 g/mol. The lowest BCUT2D eigenvalue weighted by Gasteiger charge is -2.25. The van der Waals surface area contributed by atoms with Crippen molar-refractivity contribution in [2.75, 3.05) is 13.7 Å². The summed E-state index contributed by atoms with van der Waals surface area (Å²) < 4.78 is 5.18. The van der Waals surface area contributed by atoms with Crippen LogP contribution >= 0.6 is 0 Å². The molecule has 0 bridgehead atoms. The minimum atomic E-state index is -0.306. The van der Waals surface area contributed by atoms with E-state index in [1.54, 1.807) is 7.11 Å². The molecule has 0 radical (unpaired) electrons. The molecule has 0 aromatic heterocycles. The van der Waals surface area contributed by atoms with Gasteiger partial charge in [0.15, 0.2) is 0 Å². The van der Waals surface area contributed by atoms with Gasteiger partial charge in [0.05, 0.1) is 13.2 Å². The molecule has 2 N–H and O–H groups in total. The fourth-order valence-corrected chi connectivity index (χ4v) is 2.03. The third kappa shape index (κ3) is 4.84. The van der Waals surface area contributed by atoms with Gasteiger partial charge in [0.1, 0.15) is 5.75 Å². The summed E-state index contributed by atoms with van der Waals surface area (Å²) in [6, 6.07) is 8.37. The van der Waals surface area contributed by atoms with E-state index in [1.807, 2.05) is 26.0 Å². The van der Waals surface area contributed by atoms with Crippen LogP contribution in [0.1, 0.15) is 39.3 Å². The van der Waals surface area contributed by atoms with Crippen LogP contribution in [0.5, 0.6) is 5.75 Å². The fourth-order valence-electron chi connectivity index (χ4n) is 2.03. The molecule has 2 unspecified atom stereocenters. The Morgan fingerprint density at radius 1 is 1.05 bits per heavy atom. The predicted octanol–water partition coefficient (Wildman–Crippen LogP) is 3.00. The molecule has 0 spiro atoms. The van der Waals surface area contributed by atoms with Crippen molar-refractivity contribution in [3.63, 3.8) is 0 Å². The quantitative estimate of drug-likeness (QED) is 0.796. The van der Waals surface area contributed by atoms with Gasteiger partial charge in [-0.3, -0.25) is 0 Å². The van der Waals surface area contributed by atoms with E-state index in [0.29, 0.717) is 12.5 Å². The van der Waals surface area contributed by atoms with Gasteiger partial charge in [-0.1, -0.05) is 39.8 Å². The maximum absolute atomic E-state index is 9.90. The van der Waals surface area contributed by atoms with Crippen LogP contribution in [0.2, 0.25) is 0 Å². The van der Waals surface area contributed by atoms with Crippen LogP contribution < -0.4 is 10.1 Å². The minimum Gasteiger partial charge on any atom is -0.497 e. The molecular formula is C16H27NO2. The number of hydrogen-bond acceptors (Lipinski definition) is 3. The zero-order chi connectivity index (χ0) is 14.4. The minimum absolute atomic E-state index is 0.249. The standard InChI is InChI=1S/C16H27NO2/c1-11(2)15(18)10-17-16(12(3)4)13-6-8-14(19-5)9-7-13/h6-9,11-12,15-18H,10H2,1-5H3. The van der Waals surface area contributed by atoms with Crippen molar-refractivity contribution in [1.29, 1.82) is 0 Å². The number of benzene rings is 1. The van der Waals surface area contributed by atoms with E-state index in [1.165, 1.54) is 5.56 Å². The summed E-state index contributed by atoms with van der Waals surface area (Å²) in [4.78, 5) is 0. The highest BCUT2D eigenvalue weighted by atomic mass is 16.5. The second-order valence-corrected chi connectivity index (χ2v) is 5.71. The summed E-state index contributed by atoms with van der Waals surface area (Å²) >= 11 is 0. The molecule has 0 amide bonds. The first-order valence-electron chi connectivity index (χ1n) is 7.01. The van der Waals surface area contributed by atoms with Crippen molar-refractivity contribution in [2.24, 2.45) is 11.8 Å². The molecule has 0 heterocycles. The molecule has 0 fully saturated rings. The average molecular weight is 265 g/mol. The Hall–Kier alpha value is -1.06. The third-order valence-electron chi connectivity index (χ3n) is 3.46. The predicted molar refractivity (Wildman–Crippen MR) is 79.4 cm³/mol. The van der Waals surface area contributed by atoms with Gasteiger partial charge in [0.2, 0.25) is 0 Å². The van der Waals surface area contributed by atoms with Gasteiger partial charge in [-0.2, -0.15) is 0 Å². The summed E-state index contributed by atoms with van der Waals surface area (Å²) in [5.74, 6) is 1.61. The molecule has 0 saturated carbocycles. The molecule has 1 aromatic rings. The summed E-state index contributed by atoms with van der Waals surface area (Å²) in [7, 11) is 1.67. The molecule has 19 heavy (non-hydrogen) atoms. The number of hydrogen-bond donors (Lipinski definition) is 2. The molecule has 1 aromatic carbocycles. The molecule has 108 valence electrons. The maximum atomic E-state index is 9.90. The highest BCUT2D eigenvalue weighted by Gasteiger charge is 2.18. The van der Waals surface area contributed by atoms with Crippen molar-refractivity contribution in [2.45, 2.75) is 39.8 Å². The first-order chi connectivity index (χ1) is 8.95. The average Bonchev–Trinajstić information content (AvgIpc) is 2.38. The van der Waals surface area contributed by atoms with E-state index in [4.69, 9.17) is 4.74 Å². The van der Waals surface area contributed by atoms with Crippen LogP contribution in [0, 0.1) is 11.8 Å². The van der Waals surface area contributed by atoms with E-state index >= 15 is 0 Å². The second-order valence-electron chi connectivity index (χ2n) is 5.71. The second kappa shape index (κ2) is 7.51. The van der Waals surface area contributed by atoms with Crippen molar-refractivity contribution in [3.05, 3.63) is 29.8 Å². The zero-order valence-corrected chi connectivity index (χ0v) is 12.7. The molecule has 1 rings (SSSR count). The lowest BCUT2D eigenvalue weighted by atomic mass is 9.95. The highest BCUT2D eigenvalue weighted by Crippen LogP contribution is 2.24. The Balaban J connectivity index is 2.71. The van der Waals surface area contributed by atoms with Crippen molar-refractivity contribution in [3.8, 4) is 5.75 Å². The topological polar surface area (TPSA) is 41.5 Å². The van der Waals surface area contributed by atoms with Gasteiger partial charge in [-0.25, -0.2) is 0 Å². The maximum Gasteiger partial charge on any atom is 0.118 e. The van der Waals surface area contributed by atoms with E-state index in [-0.39, 0.29) is 18.1 Å². The van der Waals surface area contributed by atoms with E-state index in [0.717, 1.165) is 5.75 Å². The lowest BCUT2D eigenvalue weighted by molar-refractivity contribution is 0.117. The Morgan fingerprint density at radius 2 is 1.63 bits per heavy atom. The molecular weight excluding hydrogens is 238 g/mol. The normalized spacial score (nSPS) is 14.7. The molecule has 3 heteroatoms. The van der Waals surface area contributed by atoms with Crippen molar-refractivity contribution in [1.82, 2.24) is 5.32 Å². The van der Waals surface area contributed by atoms with Gasteiger partial charge >= 0.3 is 0 Å². The number of aliphatic hydroxyl groups excluding tert-OH is 1. The van der Waals surface area contributed by atoms with Crippen LogP contribution in [-0.2, 0) is 0 Å². The lowest BCUT2D eigenvalue weighted by Crippen LogP contribution is -2.35. The van der Waals surface area contributed by atoms with Crippen molar-refractivity contribution < 1.29 is 9.84 Å². The largest absolute Gasteiger partial charge is 0.497 e. The van der Waals surface area contributed by atoms with Gasteiger partial charge in [0.25, 0.3) is 0 Å². The number of ether oxygens (including phenoxy) is 1. The van der Waals surface area contributed by atoms with Crippen LogP contribution in [0.4, 0.5) is 0 Å². The van der Waals surface area contributed by atoms with Crippen LogP contribution in [0.25, 0.3) is 0 Å². The Kier molecular flexibility index (Phi) is 6.32. The molecule has 3 nitrogen and oxygen atoms in total.